The van der Waals surface area contributed by atoms with E-state index in [1.54, 1.807) is 43.3 Å². The molecule has 2 N–H and O–H groups in total. The smallest absolute Gasteiger partial charge is 0.264 e. The molecular formula is C26H29N3O5S. The Kier molecular flexibility index (Phi) is 8.48. The van der Waals surface area contributed by atoms with Crippen LogP contribution in [0.1, 0.15) is 30.5 Å². The molecule has 0 unspecified atom stereocenters. The summed E-state index contributed by atoms with van der Waals surface area (Å²) in [6.07, 6.45) is 1.98. The van der Waals surface area contributed by atoms with E-state index in [9.17, 15) is 18.3 Å². The first-order valence-corrected chi connectivity index (χ1v) is 12.6. The monoisotopic (exact) mass is 495 g/mol. The summed E-state index contributed by atoms with van der Waals surface area (Å²) >= 11 is 0. The number of anilines is 1. The number of hydrazone groups is 1. The Balaban J connectivity index is 1.85. The van der Waals surface area contributed by atoms with Gasteiger partial charge in [0.2, 0.25) is 0 Å². The molecule has 0 aliphatic carbocycles. The maximum Gasteiger partial charge on any atom is 0.264 e. The molecule has 3 aromatic carbocycles. The van der Waals surface area contributed by atoms with E-state index in [2.05, 4.69) is 10.5 Å². The zero-order valence-electron chi connectivity index (χ0n) is 19.9. The second-order valence-electron chi connectivity index (χ2n) is 7.76. The number of ether oxygens (including phenoxy) is 1. The number of carbonyl (C=O) groups is 1. The van der Waals surface area contributed by atoms with E-state index >= 15 is 0 Å². The lowest BCUT2D eigenvalue weighted by molar-refractivity contribution is -0.119. The summed E-state index contributed by atoms with van der Waals surface area (Å²) < 4.78 is 33.5. The third-order valence-electron chi connectivity index (χ3n) is 5.22. The lowest BCUT2D eigenvalue weighted by atomic mass is 10.1. The van der Waals surface area contributed by atoms with E-state index < -0.39 is 22.5 Å². The minimum atomic E-state index is -4.02. The van der Waals surface area contributed by atoms with Crippen molar-refractivity contribution < 1.29 is 23.1 Å². The maximum atomic E-state index is 13.5. The van der Waals surface area contributed by atoms with Crippen LogP contribution in [0.15, 0.2) is 76.7 Å². The first kappa shape index (κ1) is 25.8. The number of nitrogens with zero attached hydrogens (tertiary/aromatic N) is 2. The number of aromatic hydroxyl groups is 1. The Labute approximate surface area is 205 Å². The topological polar surface area (TPSA) is 108 Å². The highest BCUT2D eigenvalue weighted by Gasteiger charge is 2.28. The second-order valence-corrected chi connectivity index (χ2v) is 9.62. The highest BCUT2D eigenvalue weighted by Crippen LogP contribution is 2.28. The average Bonchev–Trinajstić information content (AvgIpc) is 2.85. The van der Waals surface area contributed by atoms with Crippen molar-refractivity contribution in [2.45, 2.75) is 32.1 Å². The number of aryl methyl sites for hydroxylation is 2. The normalized spacial score (nSPS) is 11.4. The number of para-hydroxylation sites is 1. The Morgan fingerprint density at radius 1 is 1.09 bits per heavy atom. The molecule has 0 spiro atoms. The van der Waals surface area contributed by atoms with Crippen LogP contribution < -0.4 is 14.5 Å². The molecule has 0 aliphatic rings. The van der Waals surface area contributed by atoms with Gasteiger partial charge in [-0.2, -0.15) is 5.10 Å². The predicted molar refractivity (Wildman–Crippen MR) is 137 cm³/mol. The maximum absolute atomic E-state index is 13.5. The molecule has 1 amide bonds. The first-order chi connectivity index (χ1) is 16.8. The van der Waals surface area contributed by atoms with Crippen LogP contribution in [0.5, 0.6) is 11.5 Å². The molecule has 0 aromatic heterocycles. The Hall–Kier alpha value is -3.85. The molecule has 0 aliphatic heterocycles. The van der Waals surface area contributed by atoms with Crippen LogP contribution in [0.2, 0.25) is 0 Å². The van der Waals surface area contributed by atoms with Gasteiger partial charge < -0.3 is 9.84 Å². The van der Waals surface area contributed by atoms with Gasteiger partial charge in [0.05, 0.1) is 23.4 Å². The van der Waals surface area contributed by atoms with Crippen LogP contribution in [0.3, 0.4) is 0 Å². The van der Waals surface area contributed by atoms with Crippen molar-refractivity contribution in [1.29, 1.82) is 0 Å². The van der Waals surface area contributed by atoms with Crippen LogP contribution in [0, 0.1) is 6.92 Å². The highest BCUT2D eigenvalue weighted by molar-refractivity contribution is 7.92. The molecule has 35 heavy (non-hydrogen) atoms. The number of phenolic OH excluding ortho intramolecular Hbond substituents is 1. The fraction of sp³-hybridized carbons (Fsp3) is 0.231. The van der Waals surface area contributed by atoms with Crippen molar-refractivity contribution in [3.63, 3.8) is 0 Å². The molecule has 0 saturated carbocycles. The summed E-state index contributed by atoms with van der Waals surface area (Å²) in [6, 6.07) is 18.2. The van der Waals surface area contributed by atoms with Crippen molar-refractivity contribution >= 4 is 27.8 Å². The number of sulfonamides is 1. The van der Waals surface area contributed by atoms with Gasteiger partial charge in [0.15, 0.2) is 11.5 Å². The van der Waals surface area contributed by atoms with Crippen molar-refractivity contribution in [3.05, 3.63) is 83.4 Å². The Bertz CT molecular complexity index is 1300. The minimum absolute atomic E-state index is 0.000390. The molecule has 9 heteroatoms. The van der Waals surface area contributed by atoms with Gasteiger partial charge in [-0.1, -0.05) is 42.8 Å². The van der Waals surface area contributed by atoms with Gasteiger partial charge in [-0.05, 0) is 67.8 Å². The number of phenols is 1. The molecule has 0 saturated heterocycles. The van der Waals surface area contributed by atoms with Crippen molar-refractivity contribution in [2.75, 3.05) is 17.5 Å². The average molecular weight is 496 g/mol. The van der Waals surface area contributed by atoms with Gasteiger partial charge in [0.25, 0.3) is 15.9 Å². The van der Waals surface area contributed by atoms with Crippen LogP contribution in [0.4, 0.5) is 5.69 Å². The first-order valence-electron chi connectivity index (χ1n) is 11.2. The summed E-state index contributed by atoms with van der Waals surface area (Å²) in [7, 11) is -4.02. The van der Waals surface area contributed by atoms with Gasteiger partial charge in [-0.15, -0.1) is 0 Å². The molecule has 0 radical (unpaired) electrons. The Morgan fingerprint density at radius 3 is 2.49 bits per heavy atom. The van der Waals surface area contributed by atoms with Crippen LogP contribution in [0.25, 0.3) is 0 Å². The van der Waals surface area contributed by atoms with E-state index in [-0.39, 0.29) is 10.6 Å². The second kappa shape index (κ2) is 11.5. The minimum Gasteiger partial charge on any atom is -0.504 e. The fourth-order valence-electron chi connectivity index (χ4n) is 3.42. The summed E-state index contributed by atoms with van der Waals surface area (Å²) in [4.78, 5) is 12.9. The fourth-order valence-corrected chi connectivity index (χ4v) is 4.88. The van der Waals surface area contributed by atoms with E-state index in [0.29, 0.717) is 30.0 Å². The zero-order chi connectivity index (χ0) is 25.4. The van der Waals surface area contributed by atoms with Crippen LogP contribution >= 0.6 is 0 Å². The molecular weight excluding hydrogens is 466 g/mol. The molecule has 184 valence electrons. The van der Waals surface area contributed by atoms with Gasteiger partial charge >= 0.3 is 0 Å². The van der Waals surface area contributed by atoms with Gasteiger partial charge in [0, 0.05) is 0 Å². The molecule has 0 atom stereocenters. The summed E-state index contributed by atoms with van der Waals surface area (Å²) in [6.45, 7) is 5.53. The van der Waals surface area contributed by atoms with Crippen molar-refractivity contribution in [3.8, 4) is 11.5 Å². The quantitative estimate of drug-likeness (QED) is 0.326. The van der Waals surface area contributed by atoms with E-state index in [1.807, 2.05) is 26.0 Å². The van der Waals surface area contributed by atoms with Crippen LogP contribution in [-0.4, -0.2) is 38.8 Å². The zero-order valence-corrected chi connectivity index (χ0v) is 20.7. The number of benzene rings is 3. The molecule has 0 bridgehead atoms. The largest absolute Gasteiger partial charge is 0.504 e. The molecule has 8 nitrogen and oxygen atoms in total. The van der Waals surface area contributed by atoms with E-state index in [0.717, 1.165) is 15.4 Å². The number of nitrogens with one attached hydrogen (secondary N) is 1. The lowest BCUT2D eigenvalue weighted by Crippen LogP contribution is -2.40. The highest BCUT2D eigenvalue weighted by atomic mass is 32.2. The third kappa shape index (κ3) is 6.39. The molecule has 3 aromatic rings. The lowest BCUT2D eigenvalue weighted by Gasteiger charge is -2.25. The predicted octanol–water partition coefficient (Wildman–Crippen LogP) is 4.01. The number of rotatable bonds is 10. The number of hydrogen-bond donors (Lipinski definition) is 2. The van der Waals surface area contributed by atoms with Crippen molar-refractivity contribution in [1.82, 2.24) is 5.43 Å². The number of carbonyl (C=O) groups excluding carboxylic acids is 1. The third-order valence-corrected chi connectivity index (χ3v) is 7.00. The molecule has 0 fully saturated rings. The van der Waals surface area contributed by atoms with Gasteiger partial charge in [0.1, 0.15) is 6.54 Å². The summed E-state index contributed by atoms with van der Waals surface area (Å²) in [5.41, 5.74) is 5.15. The number of amides is 1. The molecule has 3 rings (SSSR count). The van der Waals surface area contributed by atoms with Gasteiger partial charge in [-0.25, -0.2) is 13.8 Å². The Morgan fingerprint density at radius 2 is 1.80 bits per heavy atom. The van der Waals surface area contributed by atoms with E-state index in [4.69, 9.17) is 4.74 Å². The van der Waals surface area contributed by atoms with Gasteiger partial charge in [-0.3, -0.25) is 9.10 Å². The summed E-state index contributed by atoms with van der Waals surface area (Å²) in [5.74, 6) is -0.305. The van der Waals surface area contributed by atoms with Crippen LogP contribution in [-0.2, 0) is 21.2 Å². The summed E-state index contributed by atoms with van der Waals surface area (Å²) in [5, 5.41) is 13.8. The number of hydrogen-bond acceptors (Lipinski definition) is 6. The van der Waals surface area contributed by atoms with E-state index in [1.165, 1.54) is 24.4 Å². The molecule has 0 heterocycles. The standard InChI is InChI=1S/C26H29N3O5S/c1-4-21-8-6-7-9-23(21)29(35(32,33)22-13-10-19(3)11-14-22)18-26(31)28-27-17-20-12-15-24(30)25(16-20)34-5-2/h6-17,30H,4-5,18H2,1-3H3,(H,28,31)/b27-17-. The van der Waals surface area contributed by atoms with Crippen molar-refractivity contribution in [2.24, 2.45) is 5.10 Å². The SMILES string of the molecule is CCOc1cc(/C=N\NC(=O)CN(c2ccccc2CC)S(=O)(=O)c2ccc(C)cc2)ccc1O.